The molecule has 0 unspecified atom stereocenters. The molecule has 1 heterocycles. The number of aromatic nitrogens is 2. The van der Waals surface area contributed by atoms with Crippen LogP contribution in [-0.4, -0.2) is 15.9 Å². The first-order valence-electron chi connectivity index (χ1n) is 7.02. The Bertz CT molecular complexity index is 834. The van der Waals surface area contributed by atoms with Gasteiger partial charge in [0.2, 0.25) is 0 Å². The number of carbonyl (C=O) groups excluding carboxylic acids is 1. The van der Waals surface area contributed by atoms with E-state index in [1.54, 1.807) is 12.1 Å². The number of halogens is 2. The maximum absolute atomic E-state index is 12.8. The van der Waals surface area contributed by atoms with Crippen molar-refractivity contribution in [3.8, 4) is 0 Å². The van der Waals surface area contributed by atoms with Gasteiger partial charge in [0.1, 0.15) is 23.1 Å². The Labute approximate surface area is 136 Å². The zero-order chi connectivity index (χ0) is 16.9. The second kappa shape index (κ2) is 6.82. The summed E-state index contributed by atoms with van der Waals surface area (Å²) in [6.07, 6.45) is 2.70. The van der Waals surface area contributed by atoms with E-state index in [4.69, 9.17) is 0 Å². The zero-order valence-electron chi connectivity index (χ0n) is 12.3. The van der Waals surface area contributed by atoms with Gasteiger partial charge in [-0.25, -0.2) is 18.7 Å². The number of hydrogen-bond donors (Lipinski definition) is 2. The lowest BCUT2D eigenvalue weighted by Gasteiger charge is -2.07. The molecule has 0 saturated heterocycles. The molecule has 0 bridgehead atoms. The molecule has 5 nitrogen and oxygen atoms in total. The fraction of sp³-hybridized carbons (Fsp3) is 0. The number of nitrogens with zero attached hydrogens (tertiary/aromatic N) is 2. The van der Waals surface area contributed by atoms with Crippen molar-refractivity contribution >= 4 is 23.1 Å². The van der Waals surface area contributed by atoms with Gasteiger partial charge in [0, 0.05) is 11.4 Å². The van der Waals surface area contributed by atoms with E-state index in [2.05, 4.69) is 20.6 Å². The lowest BCUT2D eigenvalue weighted by Crippen LogP contribution is -2.14. The summed E-state index contributed by atoms with van der Waals surface area (Å²) >= 11 is 0. The standard InChI is InChI=1S/C17H12F2N4O/c18-11-1-5-13(6-2-11)22-16-10-20-15(9-21-16)17(24)23-14-7-3-12(19)4-8-14/h1-10H,(H,21,22)(H,23,24). The molecular weight excluding hydrogens is 314 g/mol. The third-order valence-corrected chi connectivity index (χ3v) is 3.10. The Morgan fingerprint density at radius 1 is 0.792 bits per heavy atom. The number of rotatable bonds is 4. The summed E-state index contributed by atoms with van der Waals surface area (Å²) in [5, 5.41) is 5.53. The molecule has 1 amide bonds. The van der Waals surface area contributed by atoms with E-state index in [0.29, 0.717) is 17.2 Å². The molecule has 3 rings (SSSR count). The number of nitrogens with one attached hydrogen (secondary N) is 2. The lowest BCUT2D eigenvalue weighted by molar-refractivity contribution is 0.102. The van der Waals surface area contributed by atoms with Crippen LogP contribution in [0.2, 0.25) is 0 Å². The Morgan fingerprint density at radius 2 is 1.38 bits per heavy atom. The van der Waals surface area contributed by atoms with Crippen LogP contribution in [0.3, 0.4) is 0 Å². The van der Waals surface area contributed by atoms with Gasteiger partial charge in [0.15, 0.2) is 0 Å². The summed E-state index contributed by atoms with van der Waals surface area (Å²) in [6.45, 7) is 0. The van der Waals surface area contributed by atoms with E-state index >= 15 is 0 Å². The van der Waals surface area contributed by atoms with Gasteiger partial charge < -0.3 is 10.6 Å². The number of benzene rings is 2. The highest BCUT2D eigenvalue weighted by molar-refractivity contribution is 6.02. The molecule has 0 aliphatic heterocycles. The largest absolute Gasteiger partial charge is 0.339 e. The van der Waals surface area contributed by atoms with Crippen molar-refractivity contribution in [1.29, 1.82) is 0 Å². The van der Waals surface area contributed by atoms with E-state index in [1.165, 1.54) is 48.8 Å². The first kappa shape index (κ1) is 15.5. The fourth-order valence-electron chi connectivity index (χ4n) is 1.92. The number of anilines is 3. The fourth-order valence-corrected chi connectivity index (χ4v) is 1.92. The van der Waals surface area contributed by atoms with E-state index in [-0.39, 0.29) is 17.3 Å². The van der Waals surface area contributed by atoms with Crippen LogP contribution in [0, 0.1) is 11.6 Å². The normalized spacial score (nSPS) is 10.2. The van der Waals surface area contributed by atoms with E-state index in [1.807, 2.05) is 0 Å². The van der Waals surface area contributed by atoms with Crippen molar-refractivity contribution in [1.82, 2.24) is 9.97 Å². The highest BCUT2D eigenvalue weighted by Crippen LogP contribution is 2.14. The maximum atomic E-state index is 12.8. The number of amides is 1. The van der Waals surface area contributed by atoms with Crippen molar-refractivity contribution in [3.63, 3.8) is 0 Å². The Hall–Kier alpha value is -3.35. The summed E-state index contributed by atoms with van der Waals surface area (Å²) in [6, 6.07) is 11.2. The minimum atomic E-state index is -0.456. The van der Waals surface area contributed by atoms with Crippen molar-refractivity contribution in [2.24, 2.45) is 0 Å². The minimum absolute atomic E-state index is 0.115. The van der Waals surface area contributed by atoms with Gasteiger partial charge in [0.25, 0.3) is 5.91 Å². The van der Waals surface area contributed by atoms with Crippen LogP contribution in [-0.2, 0) is 0 Å². The third-order valence-electron chi connectivity index (χ3n) is 3.10. The molecule has 0 radical (unpaired) electrons. The lowest BCUT2D eigenvalue weighted by atomic mass is 10.3. The first-order chi connectivity index (χ1) is 11.6. The average molecular weight is 326 g/mol. The molecule has 0 spiro atoms. The molecule has 0 aliphatic carbocycles. The highest BCUT2D eigenvalue weighted by atomic mass is 19.1. The molecule has 7 heteroatoms. The van der Waals surface area contributed by atoms with Crippen LogP contribution in [0.25, 0.3) is 0 Å². The zero-order valence-corrected chi connectivity index (χ0v) is 12.3. The second-order valence-electron chi connectivity index (χ2n) is 4.88. The molecule has 3 aromatic rings. The van der Waals surface area contributed by atoms with Crippen LogP contribution < -0.4 is 10.6 Å². The first-order valence-corrected chi connectivity index (χ1v) is 7.02. The number of carbonyl (C=O) groups is 1. The monoisotopic (exact) mass is 326 g/mol. The van der Waals surface area contributed by atoms with E-state index < -0.39 is 5.91 Å². The molecule has 2 N–H and O–H groups in total. The van der Waals surface area contributed by atoms with Gasteiger partial charge in [-0.3, -0.25) is 4.79 Å². The molecule has 1 aromatic heterocycles. The van der Waals surface area contributed by atoms with Crippen LogP contribution >= 0.6 is 0 Å². The van der Waals surface area contributed by atoms with Crippen LogP contribution in [0.15, 0.2) is 60.9 Å². The van der Waals surface area contributed by atoms with Crippen molar-refractivity contribution in [2.75, 3.05) is 10.6 Å². The number of hydrogen-bond acceptors (Lipinski definition) is 4. The Morgan fingerprint density at radius 3 is 1.92 bits per heavy atom. The molecule has 2 aromatic carbocycles. The predicted octanol–water partition coefficient (Wildman–Crippen LogP) is 3.75. The van der Waals surface area contributed by atoms with E-state index in [9.17, 15) is 13.6 Å². The molecular formula is C17H12F2N4O. The summed E-state index contributed by atoms with van der Waals surface area (Å²) < 4.78 is 25.7. The SMILES string of the molecule is O=C(Nc1ccc(F)cc1)c1cnc(Nc2ccc(F)cc2)cn1. The maximum Gasteiger partial charge on any atom is 0.275 e. The summed E-state index contributed by atoms with van der Waals surface area (Å²) in [4.78, 5) is 20.1. The second-order valence-corrected chi connectivity index (χ2v) is 4.88. The predicted molar refractivity (Wildman–Crippen MR) is 86.1 cm³/mol. The molecule has 120 valence electrons. The third kappa shape index (κ3) is 3.89. The Balaban J connectivity index is 1.66. The summed E-state index contributed by atoms with van der Waals surface area (Å²) in [7, 11) is 0. The Kier molecular flexibility index (Phi) is 4.42. The molecule has 0 aliphatic rings. The average Bonchev–Trinajstić information content (AvgIpc) is 2.59. The van der Waals surface area contributed by atoms with Crippen LogP contribution in [0.1, 0.15) is 10.5 Å². The van der Waals surface area contributed by atoms with Crippen molar-refractivity contribution in [2.45, 2.75) is 0 Å². The van der Waals surface area contributed by atoms with Gasteiger partial charge in [-0.15, -0.1) is 0 Å². The smallest absolute Gasteiger partial charge is 0.275 e. The molecule has 0 atom stereocenters. The van der Waals surface area contributed by atoms with Crippen LogP contribution in [0.5, 0.6) is 0 Å². The quantitative estimate of drug-likeness (QED) is 0.766. The molecule has 0 fully saturated rings. The van der Waals surface area contributed by atoms with Crippen LogP contribution in [0.4, 0.5) is 26.0 Å². The van der Waals surface area contributed by atoms with Gasteiger partial charge >= 0.3 is 0 Å². The van der Waals surface area contributed by atoms with Gasteiger partial charge in [0.05, 0.1) is 12.4 Å². The minimum Gasteiger partial charge on any atom is -0.339 e. The highest BCUT2D eigenvalue weighted by Gasteiger charge is 2.09. The van der Waals surface area contributed by atoms with Gasteiger partial charge in [-0.2, -0.15) is 0 Å². The molecule has 24 heavy (non-hydrogen) atoms. The van der Waals surface area contributed by atoms with Gasteiger partial charge in [-0.05, 0) is 48.5 Å². The van der Waals surface area contributed by atoms with Crippen molar-refractivity contribution in [3.05, 3.63) is 78.3 Å². The van der Waals surface area contributed by atoms with Gasteiger partial charge in [-0.1, -0.05) is 0 Å². The summed E-state index contributed by atoms with van der Waals surface area (Å²) in [5.41, 5.74) is 1.22. The summed E-state index contributed by atoms with van der Waals surface area (Å²) in [5.74, 6) is -0.758. The molecule has 0 saturated carbocycles. The van der Waals surface area contributed by atoms with E-state index in [0.717, 1.165) is 0 Å². The topological polar surface area (TPSA) is 66.9 Å². The van der Waals surface area contributed by atoms with Crippen molar-refractivity contribution < 1.29 is 13.6 Å².